The quantitative estimate of drug-likeness (QED) is 0.378. The normalized spacial score (nSPS) is 24.2. The molecule has 3 unspecified atom stereocenters. The monoisotopic (exact) mass is 558 g/mol. The van der Waals surface area contributed by atoms with E-state index in [9.17, 15) is 14.7 Å². The van der Waals surface area contributed by atoms with Gasteiger partial charge in [0.2, 0.25) is 5.78 Å². The topological polar surface area (TPSA) is 112 Å². The standard InChI is InChI=1S/C31H34N2O6Si/c1-30(2,3)40(4,5)39-31-20(14-19-15-22-21(12-9-13-32-22)26(34)24(19)27(31)35)16-23-25(28(31)36)29(33-38-23)37-17-18-10-7-6-8-11-18/h6-13,19-20,35H,14-17H2,1-5H3. The molecule has 1 aromatic carbocycles. The predicted octanol–water partition coefficient (Wildman–Crippen LogP) is 6.04. The minimum atomic E-state index is -2.66. The lowest BCUT2D eigenvalue weighted by Crippen LogP contribution is -2.63. The van der Waals surface area contributed by atoms with Gasteiger partial charge in [0.1, 0.15) is 17.9 Å². The maximum atomic E-state index is 14.7. The molecule has 40 heavy (non-hydrogen) atoms. The van der Waals surface area contributed by atoms with Crippen LogP contribution in [-0.4, -0.2) is 40.7 Å². The largest absolute Gasteiger partial charge is 0.508 e. The molecule has 2 heterocycles. The Morgan fingerprint density at radius 1 is 1.10 bits per heavy atom. The third-order valence-corrected chi connectivity index (χ3v) is 13.6. The number of benzene rings is 1. The van der Waals surface area contributed by atoms with Gasteiger partial charge in [0.15, 0.2) is 25.5 Å². The molecule has 3 atom stereocenters. The van der Waals surface area contributed by atoms with Crippen LogP contribution in [0.4, 0.5) is 0 Å². The lowest BCUT2D eigenvalue weighted by Gasteiger charge is -2.52. The number of hydrogen-bond donors (Lipinski definition) is 1. The van der Waals surface area contributed by atoms with Crippen molar-refractivity contribution in [2.45, 2.75) is 70.4 Å². The van der Waals surface area contributed by atoms with Crippen molar-refractivity contribution in [3.63, 3.8) is 0 Å². The summed E-state index contributed by atoms with van der Waals surface area (Å²) < 4.78 is 18.6. The summed E-state index contributed by atoms with van der Waals surface area (Å²) >= 11 is 0. The SMILES string of the molecule is CC(C)(C)[Si](C)(C)OC12C(=O)c3c(OCc4ccccc4)noc3CC1CC1Cc3ncccc3C(=O)C1=C2O. The van der Waals surface area contributed by atoms with E-state index in [0.29, 0.717) is 36.3 Å². The number of aromatic nitrogens is 2. The van der Waals surface area contributed by atoms with E-state index in [-0.39, 0.29) is 46.1 Å². The molecule has 0 saturated heterocycles. The summed E-state index contributed by atoms with van der Waals surface area (Å²) in [5, 5.41) is 16.0. The molecule has 9 heteroatoms. The Hall–Kier alpha value is -3.56. The van der Waals surface area contributed by atoms with E-state index in [2.05, 4.69) is 30.9 Å². The van der Waals surface area contributed by atoms with Gasteiger partial charge in [-0.15, -0.1) is 0 Å². The number of nitrogens with zero attached hydrogens (tertiary/aromatic N) is 2. The van der Waals surface area contributed by atoms with Crippen LogP contribution in [0.3, 0.4) is 0 Å². The van der Waals surface area contributed by atoms with E-state index in [4.69, 9.17) is 13.7 Å². The number of carbonyl (C=O) groups excluding carboxylic acids is 2. The predicted molar refractivity (Wildman–Crippen MR) is 150 cm³/mol. The van der Waals surface area contributed by atoms with Crippen LogP contribution in [0.2, 0.25) is 18.1 Å². The number of hydrogen-bond acceptors (Lipinski definition) is 8. The number of aliphatic hydroxyl groups is 1. The molecule has 0 saturated carbocycles. The van der Waals surface area contributed by atoms with Crippen LogP contribution < -0.4 is 4.74 Å². The molecule has 0 radical (unpaired) electrons. The highest BCUT2D eigenvalue weighted by atomic mass is 28.4. The van der Waals surface area contributed by atoms with Crippen molar-refractivity contribution in [3.8, 4) is 5.88 Å². The summed E-state index contributed by atoms with van der Waals surface area (Å²) in [5.41, 5.74) is 0.802. The lowest BCUT2D eigenvalue weighted by molar-refractivity contribution is -0.0176. The second-order valence-corrected chi connectivity index (χ2v) is 17.3. The second kappa shape index (κ2) is 9.24. The Bertz CT molecular complexity index is 1540. The molecule has 0 amide bonds. The van der Waals surface area contributed by atoms with Crippen LogP contribution in [0.5, 0.6) is 5.88 Å². The average Bonchev–Trinajstić information content (AvgIpc) is 3.31. The zero-order valence-corrected chi connectivity index (χ0v) is 24.5. The van der Waals surface area contributed by atoms with Gasteiger partial charge >= 0.3 is 0 Å². The highest BCUT2D eigenvalue weighted by Crippen LogP contribution is 2.55. The Morgan fingerprint density at radius 3 is 2.58 bits per heavy atom. The third-order valence-electron chi connectivity index (χ3n) is 9.15. The number of rotatable bonds is 5. The first-order valence-electron chi connectivity index (χ1n) is 13.8. The highest BCUT2D eigenvalue weighted by Gasteiger charge is 2.64. The van der Waals surface area contributed by atoms with Crippen molar-refractivity contribution in [2.75, 3.05) is 0 Å². The molecule has 8 nitrogen and oxygen atoms in total. The zero-order chi connectivity index (χ0) is 28.4. The minimum Gasteiger partial charge on any atom is -0.508 e. The van der Waals surface area contributed by atoms with Crippen LogP contribution in [0.15, 0.2) is 64.5 Å². The Labute approximate surface area is 234 Å². The van der Waals surface area contributed by atoms with Crippen molar-refractivity contribution in [1.29, 1.82) is 0 Å². The Kier molecular flexibility index (Phi) is 6.16. The summed E-state index contributed by atoms with van der Waals surface area (Å²) in [6.45, 7) is 10.6. The molecule has 2 aromatic heterocycles. The van der Waals surface area contributed by atoms with Crippen LogP contribution >= 0.6 is 0 Å². The highest BCUT2D eigenvalue weighted by molar-refractivity contribution is 6.74. The van der Waals surface area contributed by atoms with E-state index in [1.165, 1.54) is 0 Å². The van der Waals surface area contributed by atoms with Gasteiger partial charge in [-0.2, -0.15) is 0 Å². The molecule has 6 rings (SSSR count). The fourth-order valence-electron chi connectivity index (χ4n) is 6.04. The zero-order valence-electron chi connectivity index (χ0n) is 23.5. The van der Waals surface area contributed by atoms with Gasteiger partial charge in [-0.05, 0) is 59.7 Å². The van der Waals surface area contributed by atoms with E-state index in [0.717, 1.165) is 5.56 Å². The third kappa shape index (κ3) is 3.97. The van der Waals surface area contributed by atoms with Gasteiger partial charge in [-0.3, -0.25) is 14.6 Å². The summed E-state index contributed by atoms with van der Waals surface area (Å²) in [7, 11) is -2.66. The number of carbonyl (C=O) groups is 2. The smallest absolute Gasteiger partial charge is 0.265 e. The van der Waals surface area contributed by atoms with Crippen molar-refractivity contribution >= 4 is 19.9 Å². The van der Waals surface area contributed by atoms with Crippen molar-refractivity contribution in [3.05, 3.63) is 88.1 Å². The first kappa shape index (κ1) is 26.6. The van der Waals surface area contributed by atoms with Crippen molar-refractivity contribution < 1.29 is 28.4 Å². The van der Waals surface area contributed by atoms with E-state index in [1.54, 1.807) is 18.3 Å². The van der Waals surface area contributed by atoms with Gasteiger partial charge in [0.05, 0.1) is 5.69 Å². The number of fused-ring (bicyclic) bond motifs is 4. The fourth-order valence-corrected chi connectivity index (χ4v) is 7.50. The van der Waals surface area contributed by atoms with Crippen molar-refractivity contribution in [1.82, 2.24) is 10.1 Å². The molecular formula is C31H34N2O6Si. The number of aliphatic hydroxyl groups excluding tert-OH is 1. The molecule has 0 aliphatic heterocycles. The number of Topliss-reactive ketones (excluding diaryl/α,β-unsaturated/α-hetero) is 2. The first-order chi connectivity index (χ1) is 18.9. The molecule has 208 valence electrons. The van der Waals surface area contributed by atoms with Crippen LogP contribution in [-0.2, 0) is 23.9 Å². The summed E-state index contributed by atoms with van der Waals surface area (Å²) in [4.78, 5) is 32.9. The molecule has 0 bridgehead atoms. The van der Waals surface area contributed by atoms with Gasteiger partial charge in [0, 0.05) is 29.7 Å². The van der Waals surface area contributed by atoms with Crippen molar-refractivity contribution in [2.24, 2.45) is 11.8 Å². The molecule has 3 aromatic rings. The van der Waals surface area contributed by atoms with Crippen LogP contribution in [0, 0.1) is 11.8 Å². The number of pyridine rings is 1. The van der Waals surface area contributed by atoms with Crippen LogP contribution in [0.1, 0.15) is 64.9 Å². The maximum Gasteiger partial charge on any atom is 0.265 e. The average molecular weight is 559 g/mol. The van der Waals surface area contributed by atoms with Gasteiger partial charge in [0.25, 0.3) is 5.88 Å². The van der Waals surface area contributed by atoms with Gasteiger partial charge in [-0.25, -0.2) is 0 Å². The Morgan fingerprint density at radius 2 is 1.85 bits per heavy atom. The molecule has 0 fully saturated rings. The number of ketones is 2. The maximum absolute atomic E-state index is 14.7. The second-order valence-electron chi connectivity index (χ2n) is 12.6. The first-order valence-corrected chi connectivity index (χ1v) is 16.7. The summed E-state index contributed by atoms with van der Waals surface area (Å²) in [6, 6.07) is 13.0. The van der Waals surface area contributed by atoms with Crippen LogP contribution in [0.25, 0.3) is 0 Å². The van der Waals surface area contributed by atoms with E-state index in [1.807, 2.05) is 43.4 Å². The molecule has 3 aliphatic rings. The molecule has 1 N–H and O–H groups in total. The molecule has 0 spiro atoms. The summed E-state index contributed by atoms with van der Waals surface area (Å²) in [5.74, 6) is -1.25. The van der Waals surface area contributed by atoms with Gasteiger partial charge < -0.3 is 18.8 Å². The number of ether oxygens (including phenoxy) is 1. The summed E-state index contributed by atoms with van der Waals surface area (Å²) in [6.07, 6.45) is 2.99. The minimum absolute atomic E-state index is 0.0740. The van der Waals surface area contributed by atoms with E-state index >= 15 is 0 Å². The molecule has 3 aliphatic carbocycles. The van der Waals surface area contributed by atoms with E-state index < -0.39 is 25.6 Å². The molecular weight excluding hydrogens is 524 g/mol. The Balaban J connectivity index is 1.49. The fraction of sp³-hybridized carbons (Fsp3) is 0.419. The number of allylic oxidation sites excluding steroid dienone is 1. The van der Waals surface area contributed by atoms with Gasteiger partial charge in [-0.1, -0.05) is 51.1 Å². The lowest BCUT2D eigenvalue weighted by atomic mass is 9.61.